The van der Waals surface area contributed by atoms with Crippen LogP contribution in [-0.4, -0.2) is 39.3 Å². The van der Waals surface area contributed by atoms with Gasteiger partial charge in [0.25, 0.3) is 0 Å². The summed E-state index contributed by atoms with van der Waals surface area (Å²) in [6, 6.07) is 17.1. The summed E-state index contributed by atoms with van der Waals surface area (Å²) in [5, 5.41) is 13.9. The smallest absolute Gasteiger partial charge is 0.323 e. The standard InChI is InChI=1S/C28H34N4O4/c1-27(2,3)19-11-14-24(29-15-19)36-21-12-9-18(10-13-21)28(4,5)30-16-20(33)17-35-23-8-6-7-22-25(23)32-26(34)31-22/h6-15,20,30,33H,16-17H2,1-5H3,(H2,31,32,34). The van der Waals surface area contributed by atoms with Crippen LogP contribution in [0.4, 0.5) is 0 Å². The maximum Gasteiger partial charge on any atom is 0.323 e. The van der Waals surface area contributed by atoms with Gasteiger partial charge in [-0.15, -0.1) is 0 Å². The lowest BCUT2D eigenvalue weighted by atomic mass is 9.88. The number of hydrogen-bond donors (Lipinski definition) is 4. The van der Waals surface area contributed by atoms with E-state index in [1.807, 2.05) is 42.6 Å². The highest BCUT2D eigenvalue weighted by Crippen LogP contribution is 2.27. The molecule has 0 fully saturated rings. The fourth-order valence-corrected chi connectivity index (χ4v) is 3.82. The van der Waals surface area contributed by atoms with Gasteiger partial charge in [-0.05, 0) is 54.7 Å². The Balaban J connectivity index is 1.30. The molecule has 2 aromatic carbocycles. The van der Waals surface area contributed by atoms with Crippen molar-refractivity contribution in [3.8, 4) is 17.4 Å². The molecule has 0 amide bonds. The minimum atomic E-state index is -0.741. The molecule has 0 saturated heterocycles. The van der Waals surface area contributed by atoms with Crippen LogP contribution < -0.4 is 20.5 Å². The molecule has 4 aromatic rings. The van der Waals surface area contributed by atoms with Gasteiger partial charge in [0.05, 0.1) is 5.52 Å². The number of pyridine rings is 1. The van der Waals surface area contributed by atoms with Crippen molar-refractivity contribution in [2.45, 2.75) is 51.7 Å². The number of nitrogens with zero attached hydrogens (tertiary/aromatic N) is 1. The van der Waals surface area contributed by atoms with Crippen molar-refractivity contribution < 1.29 is 14.6 Å². The number of benzene rings is 2. The number of nitrogens with one attached hydrogen (secondary N) is 3. The van der Waals surface area contributed by atoms with E-state index in [0.717, 1.165) is 11.1 Å². The van der Waals surface area contributed by atoms with E-state index in [9.17, 15) is 9.90 Å². The third-order valence-corrected chi connectivity index (χ3v) is 6.12. The average Bonchev–Trinajstić information content (AvgIpc) is 3.22. The predicted octanol–water partition coefficient (Wildman–Crippen LogP) is 4.61. The number of para-hydroxylation sites is 1. The molecule has 36 heavy (non-hydrogen) atoms. The van der Waals surface area contributed by atoms with Crippen molar-refractivity contribution in [3.63, 3.8) is 0 Å². The Morgan fingerprint density at radius 2 is 1.69 bits per heavy atom. The van der Waals surface area contributed by atoms with Crippen molar-refractivity contribution in [1.29, 1.82) is 0 Å². The van der Waals surface area contributed by atoms with Crippen LogP contribution in [0, 0.1) is 0 Å². The first kappa shape index (κ1) is 25.5. The Morgan fingerprint density at radius 3 is 2.36 bits per heavy atom. The summed E-state index contributed by atoms with van der Waals surface area (Å²) in [7, 11) is 0. The number of fused-ring (bicyclic) bond motifs is 1. The van der Waals surface area contributed by atoms with Gasteiger partial charge in [-0.3, -0.25) is 0 Å². The maximum absolute atomic E-state index is 11.5. The Morgan fingerprint density at radius 1 is 0.972 bits per heavy atom. The maximum atomic E-state index is 11.5. The van der Waals surface area contributed by atoms with Gasteiger partial charge in [-0.2, -0.15) is 0 Å². The zero-order chi connectivity index (χ0) is 25.9. The molecule has 0 aliphatic carbocycles. The van der Waals surface area contributed by atoms with Gasteiger partial charge in [0.15, 0.2) is 0 Å². The summed E-state index contributed by atoms with van der Waals surface area (Å²) in [4.78, 5) is 21.4. The van der Waals surface area contributed by atoms with Gasteiger partial charge in [0, 0.05) is 24.3 Å². The average molecular weight is 491 g/mol. The van der Waals surface area contributed by atoms with Crippen molar-refractivity contribution in [2.24, 2.45) is 0 Å². The zero-order valence-corrected chi connectivity index (χ0v) is 21.4. The fourth-order valence-electron chi connectivity index (χ4n) is 3.82. The second kappa shape index (κ2) is 10.2. The van der Waals surface area contributed by atoms with Gasteiger partial charge >= 0.3 is 5.69 Å². The second-order valence-electron chi connectivity index (χ2n) is 10.5. The van der Waals surface area contributed by atoms with E-state index in [1.165, 1.54) is 0 Å². The SMILES string of the molecule is CC(C)(C)c1ccc(Oc2ccc(C(C)(C)NCC(O)COc3cccc4[nH]c(=O)[nH]c34)cc2)nc1. The minimum Gasteiger partial charge on any atom is -0.489 e. The monoisotopic (exact) mass is 490 g/mol. The molecule has 0 radical (unpaired) electrons. The number of ether oxygens (including phenoxy) is 2. The van der Waals surface area contributed by atoms with Crippen LogP contribution in [0.1, 0.15) is 45.7 Å². The molecule has 0 aliphatic rings. The molecule has 0 bridgehead atoms. The third kappa shape index (κ3) is 6.13. The zero-order valence-electron chi connectivity index (χ0n) is 21.4. The number of aliphatic hydroxyl groups excluding tert-OH is 1. The number of aliphatic hydroxyl groups is 1. The van der Waals surface area contributed by atoms with Crippen LogP contribution in [0.15, 0.2) is 65.6 Å². The molecule has 4 rings (SSSR count). The molecule has 8 nitrogen and oxygen atoms in total. The topological polar surface area (TPSA) is 112 Å². The number of aromatic nitrogens is 3. The molecule has 1 unspecified atom stereocenters. The number of H-pyrrole nitrogens is 2. The molecule has 4 N–H and O–H groups in total. The van der Waals surface area contributed by atoms with Crippen LogP contribution in [0.3, 0.4) is 0 Å². The van der Waals surface area contributed by atoms with Gasteiger partial charge in [0.1, 0.15) is 29.7 Å². The highest BCUT2D eigenvalue weighted by molar-refractivity contribution is 5.81. The first-order chi connectivity index (χ1) is 17.0. The Bertz CT molecular complexity index is 1350. The largest absolute Gasteiger partial charge is 0.489 e. The van der Waals surface area contributed by atoms with E-state index in [1.54, 1.807) is 18.2 Å². The van der Waals surface area contributed by atoms with E-state index >= 15 is 0 Å². The lowest BCUT2D eigenvalue weighted by molar-refractivity contribution is 0.0994. The molecule has 190 valence electrons. The molecular weight excluding hydrogens is 456 g/mol. The normalized spacial score (nSPS) is 13.1. The lowest BCUT2D eigenvalue weighted by Gasteiger charge is -2.28. The van der Waals surface area contributed by atoms with Crippen molar-refractivity contribution in [1.82, 2.24) is 20.3 Å². The molecule has 2 aromatic heterocycles. The summed E-state index contributed by atoms with van der Waals surface area (Å²) in [5.74, 6) is 1.77. The van der Waals surface area contributed by atoms with E-state index in [4.69, 9.17) is 9.47 Å². The summed E-state index contributed by atoms with van der Waals surface area (Å²) in [6.45, 7) is 11.0. The number of imidazole rings is 1. The van der Waals surface area contributed by atoms with Crippen LogP contribution in [0.5, 0.6) is 17.4 Å². The lowest BCUT2D eigenvalue weighted by Crippen LogP contribution is -2.42. The van der Waals surface area contributed by atoms with E-state index in [-0.39, 0.29) is 17.7 Å². The Hall–Kier alpha value is -3.62. The summed E-state index contributed by atoms with van der Waals surface area (Å²) in [6.07, 6.45) is 1.11. The van der Waals surface area contributed by atoms with Crippen LogP contribution in [-0.2, 0) is 11.0 Å². The van der Waals surface area contributed by atoms with Gasteiger partial charge in [-0.25, -0.2) is 9.78 Å². The van der Waals surface area contributed by atoms with Crippen LogP contribution in [0.2, 0.25) is 0 Å². The van der Waals surface area contributed by atoms with E-state index < -0.39 is 11.6 Å². The predicted molar refractivity (Wildman–Crippen MR) is 141 cm³/mol. The highest BCUT2D eigenvalue weighted by Gasteiger charge is 2.22. The molecule has 0 aliphatic heterocycles. The quantitative estimate of drug-likeness (QED) is 0.273. The second-order valence-corrected chi connectivity index (χ2v) is 10.5. The van der Waals surface area contributed by atoms with Crippen LogP contribution in [0.25, 0.3) is 11.0 Å². The molecule has 8 heteroatoms. The Labute approximate surface area is 210 Å². The van der Waals surface area contributed by atoms with Crippen molar-refractivity contribution >= 4 is 11.0 Å². The van der Waals surface area contributed by atoms with Gasteiger partial charge < -0.3 is 29.9 Å². The first-order valence-corrected chi connectivity index (χ1v) is 12.0. The first-order valence-electron chi connectivity index (χ1n) is 12.0. The summed E-state index contributed by atoms with van der Waals surface area (Å²) in [5.41, 5.74) is 2.81. The van der Waals surface area contributed by atoms with Crippen molar-refractivity contribution in [3.05, 3.63) is 82.4 Å². The van der Waals surface area contributed by atoms with Gasteiger partial charge in [-0.1, -0.05) is 45.0 Å². The van der Waals surface area contributed by atoms with E-state index in [0.29, 0.717) is 35.0 Å². The third-order valence-electron chi connectivity index (χ3n) is 6.12. The minimum absolute atomic E-state index is 0.0438. The highest BCUT2D eigenvalue weighted by atomic mass is 16.5. The molecular formula is C28H34N4O4. The van der Waals surface area contributed by atoms with E-state index in [2.05, 4.69) is 54.9 Å². The van der Waals surface area contributed by atoms with Crippen molar-refractivity contribution in [2.75, 3.05) is 13.2 Å². The van der Waals surface area contributed by atoms with Gasteiger partial charge in [0.2, 0.25) is 5.88 Å². The number of hydrogen-bond acceptors (Lipinski definition) is 6. The summed E-state index contributed by atoms with van der Waals surface area (Å²) < 4.78 is 11.7. The number of rotatable bonds is 9. The summed E-state index contributed by atoms with van der Waals surface area (Å²) >= 11 is 0. The molecule has 0 spiro atoms. The fraction of sp³-hybridized carbons (Fsp3) is 0.357. The molecule has 0 saturated carbocycles. The molecule has 2 heterocycles. The van der Waals surface area contributed by atoms with Crippen LogP contribution >= 0.6 is 0 Å². The molecule has 1 atom stereocenters. The number of aromatic amines is 2. The Kier molecular flexibility index (Phi) is 7.19.